The van der Waals surface area contributed by atoms with Gasteiger partial charge >= 0.3 is 0 Å². The molecule has 0 spiro atoms. The van der Waals surface area contributed by atoms with Gasteiger partial charge in [-0.25, -0.2) is 0 Å². The Balaban J connectivity index is 2.49. The zero-order valence-corrected chi connectivity index (χ0v) is 8.28. The lowest BCUT2D eigenvalue weighted by Crippen LogP contribution is -2.50. The third-order valence-electron chi connectivity index (χ3n) is 2.10. The molecule has 0 amide bonds. The van der Waals surface area contributed by atoms with Crippen LogP contribution < -0.4 is 5.32 Å². The van der Waals surface area contributed by atoms with Crippen LogP contribution in [0.2, 0.25) is 0 Å². The molecule has 1 heterocycles. The van der Waals surface area contributed by atoms with Crippen LogP contribution >= 0.6 is 0 Å². The average molecular weight is 175 g/mol. The van der Waals surface area contributed by atoms with Crippen LogP contribution in [0.15, 0.2) is 0 Å². The number of hydrogen-bond donors (Lipinski definition) is 1. The summed E-state index contributed by atoms with van der Waals surface area (Å²) in [6.07, 6.45) is 0. The maximum atomic E-state index is 11.3. The maximum Gasteiger partial charge on any atom is 0.0392 e. The molecule has 11 heavy (non-hydrogen) atoms. The van der Waals surface area contributed by atoms with E-state index in [4.69, 9.17) is 0 Å². The Hall–Kier alpha value is 0.110. The van der Waals surface area contributed by atoms with Crippen molar-refractivity contribution in [3.05, 3.63) is 0 Å². The molecule has 2 nitrogen and oxygen atoms in total. The second kappa shape index (κ2) is 3.68. The van der Waals surface area contributed by atoms with Gasteiger partial charge in [0.1, 0.15) is 0 Å². The first-order valence-corrected chi connectivity index (χ1v) is 5.69. The molecule has 1 rings (SSSR count). The minimum Gasteiger partial charge on any atom is -0.309 e. The summed E-state index contributed by atoms with van der Waals surface area (Å²) in [5.74, 6) is 2.26. The minimum absolute atomic E-state index is 0.428. The molecule has 1 N–H and O–H groups in total. The molecular weight excluding hydrogens is 158 g/mol. The van der Waals surface area contributed by atoms with Gasteiger partial charge in [0.2, 0.25) is 0 Å². The van der Waals surface area contributed by atoms with Gasteiger partial charge in [-0.05, 0) is 12.8 Å². The van der Waals surface area contributed by atoms with Crippen molar-refractivity contribution in [1.29, 1.82) is 0 Å². The van der Waals surface area contributed by atoms with E-state index in [1.54, 1.807) is 0 Å². The largest absolute Gasteiger partial charge is 0.309 e. The van der Waals surface area contributed by atoms with Crippen LogP contribution in [0.3, 0.4) is 0 Å². The fourth-order valence-corrected chi connectivity index (χ4v) is 3.07. The van der Waals surface area contributed by atoms with E-state index >= 15 is 0 Å². The molecule has 0 saturated carbocycles. The van der Waals surface area contributed by atoms with Crippen LogP contribution in [-0.4, -0.2) is 27.8 Å². The monoisotopic (exact) mass is 175 g/mol. The molecule has 1 fully saturated rings. The molecule has 0 aliphatic carbocycles. The first-order valence-electron chi connectivity index (χ1n) is 4.20. The quantitative estimate of drug-likeness (QED) is 0.637. The molecule has 0 unspecified atom stereocenters. The third kappa shape index (κ3) is 2.56. The van der Waals surface area contributed by atoms with Gasteiger partial charge in [0.15, 0.2) is 0 Å². The number of nitrogens with one attached hydrogen (secondary N) is 1. The second-order valence-electron chi connectivity index (χ2n) is 3.69. The summed E-state index contributed by atoms with van der Waals surface area (Å²) in [6.45, 7) is 6.45. The van der Waals surface area contributed by atoms with Crippen molar-refractivity contribution < 1.29 is 4.21 Å². The summed E-state index contributed by atoms with van der Waals surface area (Å²) in [6, 6.07) is 0.886. The lowest BCUT2D eigenvalue weighted by Gasteiger charge is -2.30. The molecular formula is C8H17NOS. The molecule has 1 aliphatic heterocycles. The fraction of sp³-hybridized carbons (Fsp3) is 1.00. The summed E-state index contributed by atoms with van der Waals surface area (Å²) in [5.41, 5.74) is 0. The van der Waals surface area contributed by atoms with Crippen LogP contribution in [0, 0.1) is 5.92 Å². The maximum absolute atomic E-state index is 11.3. The van der Waals surface area contributed by atoms with Gasteiger partial charge in [0, 0.05) is 34.4 Å². The molecule has 0 aromatic carbocycles. The predicted octanol–water partition coefficient (Wildman–Crippen LogP) is 0.751. The standard InChI is InChI=1S/C8H17NOS/c1-6(2)8-5-11(10)4-7(3)9-8/h6-9H,4-5H2,1-3H3/t7-,8+,11+/m0/s1. The zero-order valence-electron chi connectivity index (χ0n) is 7.46. The molecule has 1 saturated heterocycles. The van der Waals surface area contributed by atoms with Crippen molar-refractivity contribution in [2.75, 3.05) is 11.5 Å². The summed E-state index contributed by atoms with van der Waals surface area (Å²) < 4.78 is 11.3. The van der Waals surface area contributed by atoms with Crippen molar-refractivity contribution in [3.63, 3.8) is 0 Å². The minimum atomic E-state index is -0.583. The molecule has 0 aromatic heterocycles. The lowest BCUT2D eigenvalue weighted by atomic mass is 10.1. The Bertz CT molecular complexity index is 158. The van der Waals surface area contributed by atoms with E-state index in [1.165, 1.54) is 0 Å². The molecule has 66 valence electrons. The first-order chi connectivity index (χ1) is 5.09. The van der Waals surface area contributed by atoms with E-state index in [9.17, 15) is 4.21 Å². The highest BCUT2D eigenvalue weighted by molar-refractivity contribution is 7.85. The second-order valence-corrected chi connectivity index (χ2v) is 5.24. The fourth-order valence-electron chi connectivity index (χ4n) is 1.39. The summed E-state index contributed by atoms with van der Waals surface area (Å²) >= 11 is 0. The average Bonchev–Trinajstić information content (AvgIpc) is 1.85. The van der Waals surface area contributed by atoms with E-state index in [0.717, 1.165) is 11.5 Å². The lowest BCUT2D eigenvalue weighted by molar-refractivity contribution is 0.388. The van der Waals surface area contributed by atoms with E-state index in [-0.39, 0.29) is 0 Å². The first kappa shape index (κ1) is 9.20. The molecule has 0 aromatic rings. The summed E-state index contributed by atoms with van der Waals surface area (Å²) in [4.78, 5) is 0. The van der Waals surface area contributed by atoms with Crippen molar-refractivity contribution >= 4 is 10.8 Å². The van der Waals surface area contributed by atoms with Crippen molar-refractivity contribution in [3.8, 4) is 0 Å². The normalized spacial score (nSPS) is 39.5. The Morgan fingerprint density at radius 2 is 2.09 bits per heavy atom. The van der Waals surface area contributed by atoms with Gasteiger partial charge in [-0.15, -0.1) is 0 Å². The van der Waals surface area contributed by atoms with Gasteiger partial charge in [-0.2, -0.15) is 0 Å². The molecule has 0 radical (unpaired) electrons. The van der Waals surface area contributed by atoms with Gasteiger partial charge in [-0.1, -0.05) is 13.8 Å². The third-order valence-corrected chi connectivity index (χ3v) is 3.71. The van der Waals surface area contributed by atoms with Gasteiger partial charge < -0.3 is 5.32 Å². The summed E-state index contributed by atoms with van der Waals surface area (Å²) in [5, 5.41) is 3.45. The number of hydrogen-bond acceptors (Lipinski definition) is 2. The van der Waals surface area contributed by atoms with Gasteiger partial charge in [-0.3, -0.25) is 4.21 Å². The SMILES string of the molecule is CC(C)[C@H]1C[S@](=O)C[C@H](C)N1. The van der Waals surface area contributed by atoms with E-state index < -0.39 is 10.8 Å². The predicted molar refractivity (Wildman–Crippen MR) is 49.1 cm³/mol. The van der Waals surface area contributed by atoms with Crippen molar-refractivity contribution in [2.45, 2.75) is 32.9 Å². The van der Waals surface area contributed by atoms with Crippen LogP contribution in [0.1, 0.15) is 20.8 Å². The van der Waals surface area contributed by atoms with Gasteiger partial charge in [0.05, 0.1) is 0 Å². The van der Waals surface area contributed by atoms with Crippen LogP contribution in [-0.2, 0) is 10.8 Å². The van der Waals surface area contributed by atoms with Crippen LogP contribution in [0.5, 0.6) is 0 Å². The van der Waals surface area contributed by atoms with Crippen LogP contribution in [0.25, 0.3) is 0 Å². The van der Waals surface area contributed by atoms with E-state index in [2.05, 4.69) is 26.1 Å². The Morgan fingerprint density at radius 3 is 2.55 bits per heavy atom. The molecule has 3 heteroatoms. The highest BCUT2D eigenvalue weighted by Gasteiger charge is 2.24. The Labute approximate surface area is 71.2 Å². The Kier molecular flexibility index (Phi) is 3.07. The summed E-state index contributed by atoms with van der Waals surface area (Å²) in [7, 11) is -0.583. The van der Waals surface area contributed by atoms with Crippen molar-refractivity contribution in [1.82, 2.24) is 5.32 Å². The topological polar surface area (TPSA) is 29.1 Å². The molecule has 1 aliphatic rings. The Morgan fingerprint density at radius 1 is 1.45 bits per heavy atom. The van der Waals surface area contributed by atoms with E-state index in [1.807, 2.05) is 0 Å². The smallest absolute Gasteiger partial charge is 0.0392 e. The molecule has 3 atom stereocenters. The van der Waals surface area contributed by atoms with Crippen molar-refractivity contribution in [2.24, 2.45) is 5.92 Å². The zero-order chi connectivity index (χ0) is 8.43. The van der Waals surface area contributed by atoms with Crippen LogP contribution in [0.4, 0.5) is 0 Å². The highest BCUT2D eigenvalue weighted by atomic mass is 32.2. The van der Waals surface area contributed by atoms with E-state index in [0.29, 0.717) is 18.0 Å². The highest BCUT2D eigenvalue weighted by Crippen LogP contribution is 2.10. The molecule has 0 bridgehead atoms. The van der Waals surface area contributed by atoms with Gasteiger partial charge in [0.25, 0.3) is 0 Å². The number of rotatable bonds is 1.